The lowest BCUT2D eigenvalue weighted by atomic mass is 9.95. The molecule has 3 rings (SSSR count). The second kappa shape index (κ2) is 6.59. The molecule has 3 nitrogen and oxygen atoms in total. The van der Waals surface area contributed by atoms with Crippen LogP contribution in [0, 0.1) is 0 Å². The fraction of sp³-hybridized carbons (Fsp3) is 0.562. The average Bonchev–Trinajstić information content (AvgIpc) is 3.17. The molecule has 2 saturated carbocycles. The number of halogens is 1. The zero-order chi connectivity index (χ0) is 13.2. The van der Waals surface area contributed by atoms with Crippen LogP contribution < -0.4 is 11.1 Å². The van der Waals surface area contributed by atoms with Gasteiger partial charge in [0.25, 0.3) is 5.91 Å². The van der Waals surface area contributed by atoms with E-state index in [9.17, 15) is 4.79 Å². The van der Waals surface area contributed by atoms with Crippen molar-refractivity contribution >= 4 is 18.3 Å². The van der Waals surface area contributed by atoms with Gasteiger partial charge in [-0.2, -0.15) is 0 Å². The van der Waals surface area contributed by atoms with Crippen molar-refractivity contribution in [3.63, 3.8) is 0 Å². The summed E-state index contributed by atoms with van der Waals surface area (Å²) in [6, 6.07) is 8.65. The molecule has 20 heavy (non-hydrogen) atoms. The van der Waals surface area contributed by atoms with Crippen molar-refractivity contribution < 1.29 is 4.79 Å². The molecule has 2 fully saturated rings. The second-order valence-electron chi connectivity index (χ2n) is 5.94. The monoisotopic (exact) mass is 294 g/mol. The van der Waals surface area contributed by atoms with Gasteiger partial charge < -0.3 is 11.1 Å². The van der Waals surface area contributed by atoms with E-state index < -0.39 is 0 Å². The zero-order valence-corrected chi connectivity index (χ0v) is 12.5. The molecule has 0 aromatic heterocycles. The first-order valence-electron chi connectivity index (χ1n) is 7.40. The SMILES string of the molecule is Cl.NC1CC1c1ccc(C(=O)NC2CCCCC2)cc1. The topological polar surface area (TPSA) is 55.1 Å². The number of carbonyl (C=O) groups excluding carboxylic acids is 1. The minimum Gasteiger partial charge on any atom is -0.349 e. The smallest absolute Gasteiger partial charge is 0.251 e. The highest BCUT2D eigenvalue weighted by Gasteiger charge is 2.34. The number of nitrogens with one attached hydrogen (secondary N) is 1. The molecule has 2 aliphatic rings. The third-order valence-corrected chi connectivity index (χ3v) is 4.38. The lowest BCUT2D eigenvalue weighted by Gasteiger charge is -2.22. The summed E-state index contributed by atoms with van der Waals surface area (Å²) in [5, 5.41) is 3.14. The van der Waals surface area contributed by atoms with Crippen LogP contribution in [-0.2, 0) is 0 Å². The maximum absolute atomic E-state index is 12.1. The molecule has 1 aromatic rings. The van der Waals surface area contributed by atoms with E-state index in [0.717, 1.165) is 24.8 Å². The molecule has 2 unspecified atom stereocenters. The van der Waals surface area contributed by atoms with Gasteiger partial charge in [0.2, 0.25) is 0 Å². The summed E-state index contributed by atoms with van der Waals surface area (Å²) in [5.74, 6) is 0.578. The molecule has 110 valence electrons. The Kier molecular flexibility index (Phi) is 5.06. The number of carbonyl (C=O) groups is 1. The highest BCUT2D eigenvalue weighted by Crippen LogP contribution is 2.38. The highest BCUT2D eigenvalue weighted by molar-refractivity contribution is 5.94. The fourth-order valence-electron chi connectivity index (χ4n) is 3.00. The molecule has 4 heteroatoms. The number of nitrogens with two attached hydrogens (primary N) is 1. The standard InChI is InChI=1S/C16H22N2O.ClH/c17-15-10-14(15)11-6-8-12(9-7-11)16(19)18-13-4-2-1-3-5-13;/h6-9,13-15H,1-5,10,17H2,(H,18,19);1H. The summed E-state index contributed by atoms with van der Waals surface area (Å²) in [5.41, 5.74) is 7.87. The van der Waals surface area contributed by atoms with E-state index >= 15 is 0 Å². The number of hydrogen-bond donors (Lipinski definition) is 2. The molecule has 0 saturated heterocycles. The summed E-state index contributed by atoms with van der Waals surface area (Å²) < 4.78 is 0. The van der Waals surface area contributed by atoms with Crippen molar-refractivity contribution in [1.29, 1.82) is 0 Å². The summed E-state index contributed by atoms with van der Waals surface area (Å²) in [7, 11) is 0. The summed E-state index contributed by atoms with van der Waals surface area (Å²) in [6.45, 7) is 0. The van der Waals surface area contributed by atoms with Crippen LogP contribution in [0.2, 0.25) is 0 Å². The van der Waals surface area contributed by atoms with Gasteiger partial charge in [0, 0.05) is 23.6 Å². The molecular formula is C16H23ClN2O. The predicted molar refractivity (Wildman–Crippen MR) is 83.4 cm³/mol. The van der Waals surface area contributed by atoms with Crippen LogP contribution in [0.25, 0.3) is 0 Å². The molecule has 0 bridgehead atoms. The second-order valence-corrected chi connectivity index (χ2v) is 5.94. The maximum atomic E-state index is 12.1. The van der Waals surface area contributed by atoms with Crippen LogP contribution in [0.4, 0.5) is 0 Å². The molecule has 0 heterocycles. The van der Waals surface area contributed by atoms with Crippen LogP contribution in [0.5, 0.6) is 0 Å². The van der Waals surface area contributed by atoms with Gasteiger partial charge in [0.1, 0.15) is 0 Å². The quantitative estimate of drug-likeness (QED) is 0.900. The summed E-state index contributed by atoms with van der Waals surface area (Å²) in [6.07, 6.45) is 7.12. The van der Waals surface area contributed by atoms with E-state index in [1.807, 2.05) is 24.3 Å². The van der Waals surface area contributed by atoms with Crippen LogP contribution in [0.15, 0.2) is 24.3 Å². The Hall–Kier alpha value is -1.06. The third kappa shape index (κ3) is 3.53. The minimum absolute atomic E-state index is 0. The van der Waals surface area contributed by atoms with E-state index in [1.165, 1.54) is 24.8 Å². The van der Waals surface area contributed by atoms with E-state index in [4.69, 9.17) is 5.73 Å². The molecule has 2 aliphatic carbocycles. The van der Waals surface area contributed by atoms with Gasteiger partial charge in [-0.25, -0.2) is 0 Å². The van der Waals surface area contributed by atoms with Gasteiger partial charge in [0.15, 0.2) is 0 Å². The van der Waals surface area contributed by atoms with Gasteiger partial charge in [-0.15, -0.1) is 12.4 Å². The Bertz CT molecular complexity index is 454. The van der Waals surface area contributed by atoms with Gasteiger partial charge in [0.05, 0.1) is 0 Å². The summed E-state index contributed by atoms with van der Waals surface area (Å²) in [4.78, 5) is 12.1. The molecule has 1 aromatic carbocycles. The van der Waals surface area contributed by atoms with Crippen molar-refractivity contribution in [2.45, 2.75) is 56.5 Å². The number of amides is 1. The van der Waals surface area contributed by atoms with E-state index in [-0.39, 0.29) is 18.3 Å². The normalized spacial score (nSPS) is 25.6. The number of hydrogen-bond acceptors (Lipinski definition) is 2. The fourth-order valence-corrected chi connectivity index (χ4v) is 3.00. The average molecular weight is 295 g/mol. The van der Waals surface area contributed by atoms with Gasteiger partial charge >= 0.3 is 0 Å². The number of benzene rings is 1. The molecule has 0 spiro atoms. The van der Waals surface area contributed by atoms with Crippen LogP contribution in [0.3, 0.4) is 0 Å². The van der Waals surface area contributed by atoms with Crippen molar-refractivity contribution in [2.75, 3.05) is 0 Å². The van der Waals surface area contributed by atoms with Crippen LogP contribution >= 0.6 is 12.4 Å². The minimum atomic E-state index is 0. The van der Waals surface area contributed by atoms with Gasteiger partial charge in [-0.05, 0) is 37.0 Å². The van der Waals surface area contributed by atoms with Crippen molar-refractivity contribution in [3.8, 4) is 0 Å². The zero-order valence-electron chi connectivity index (χ0n) is 11.7. The Morgan fingerprint density at radius 3 is 2.25 bits per heavy atom. The molecular weight excluding hydrogens is 272 g/mol. The summed E-state index contributed by atoms with van der Waals surface area (Å²) >= 11 is 0. The third-order valence-electron chi connectivity index (χ3n) is 4.38. The molecule has 1 amide bonds. The first kappa shape index (κ1) is 15.3. The maximum Gasteiger partial charge on any atom is 0.251 e. The molecule has 3 N–H and O–H groups in total. The van der Waals surface area contributed by atoms with Crippen LogP contribution in [-0.4, -0.2) is 18.0 Å². The van der Waals surface area contributed by atoms with Crippen molar-refractivity contribution in [2.24, 2.45) is 5.73 Å². The van der Waals surface area contributed by atoms with E-state index in [2.05, 4.69) is 5.32 Å². The van der Waals surface area contributed by atoms with Crippen LogP contribution in [0.1, 0.15) is 60.4 Å². The Labute approximate surface area is 126 Å². The van der Waals surface area contributed by atoms with Crippen molar-refractivity contribution in [3.05, 3.63) is 35.4 Å². The number of rotatable bonds is 3. The van der Waals surface area contributed by atoms with E-state index in [0.29, 0.717) is 18.0 Å². The molecule has 0 aliphatic heterocycles. The molecule has 0 radical (unpaired) electrons. The first-order valence-corrected chi connectivity index (χ1v) is 7.40. The van der Waals surface area contributed by atoms with Gasteiger partial charge in [-0.1, -0.05) is 31.4 Å². The van der Waals surface area contributed by atoms with Crippen molar-refractivity contribution in [1.82, 2.24) is 5.32 Å². The highest BCUT2D eigenvalue weighted by atomic mass is 35.5. The Morgan fingerprint density at radius 1 is 1.10 bits per heavy atom. The lowest BCUT2D eigenvalue weighted by Crippen LogP contribution is -2.36. The molecule has 2 atom stereocenters. The first-order chi connectivity index (χ1) is 9.24. The van der Waals surface area contributed by atoms with E-state index in [1.54, 1.807) is 0 Å². The Balaban J connectivity index is 0.00000147. The predicted octanol–water partition coefficient (Wildman–Crippen LogP) is 2.99. The largest absolute Gasteiger partial charge is 0.349 e. The lowest BCUT2D eigenvalue weighted by molar-refractivity contribution is 0.0927. The Morgan fingerprint density at radius 2 is 1.70 bits per heavy atom. The van der Waals surface area contributed by atoms with Gasteiger partial charge in [-0.3, -0.25) is 4.79 Å².